The quantitative estimate of drug-likeness (QED) is 0.0764. The number of carbonyl (C=O) groups is 3. The largest absolute Gasteiger partial charge is 0.344 e. The zero-order valence-corrected chi connectivity index (χ0v) is 58.8. The second-order valence-corrected chi connectivity index (χ2v) is 32.3. The highest BCUT2D eigenvalue weighted by Crippen LogP contribution is 2.33. The molecule has 14 rings (SSSR count). The van der Waals surface area contributed by atoms with E-state index in [4.69, 9.17) is 9.97 Å². The first-order valence-corrected chi connectivity index (χ1v) is 37.4. The first-order chi connectivity index (χ1) is 48.5. The van der Waals surface area contributed by atoms with Gasteiger partial charge in [0.05, 0.1) is 89.3 Å². The van der Waals surface area contributed by atoms with Crippen molar-refractivity contribution in [2.75, 3.05) is 27.8 Å². The van der Waals surface area contributed by atoms with Gasteiger partial charge in [-0.3, -0.25) is 14.4 Å². The Morgan fingerprint density at radius 1 is 0.436 bits per heavy atom. The molecule has 0 radical (unpaired) electrons. The highest BCUT2D eigenvalue weighted by atomic mass is 32.2. The molecule has 6 aromatic heterocycles. The van der Waals surface area contributed by atoms with E-state index in [-0.39, 0.29) is 32.4 Å². The summed E-state index contributed by atoms with van der Waals surface area (Å²) < 4.78 is 74.5. The maximum Gasteiger partial charge on any atom is 0.262 e. The third kappa shape index (κ3) is 14.4. The van der Waals surface area contributed by atoms with Gasteiger partial charge in [0.2, 0.25) is 0 Å². The average molecular weight is 1410 g/mol. The smallest absolute Gasteiger partial charge is 0.262 e. The van der Waals surface area contributed by atoms with E-state index in [1.807, 2.05) is 122 Å². The first kappa shape index (κ1) is 69.6. The van der Waals surface area contributed by atoms with Gasteiger partial charge in [0, 0.05) is 65.4 Å². The van der Waals surface area contributed by atoms with E-state index in [9.17, 15) is 39.6 Å². The van der Waals surface area contributed by atoms with E-state index >= 15 is 0 Å². The summed E-state index contributed by atoms with van der Waals surface area (Å²) in [5.74, 6) is -0.494. The maximum atomic E-state index is 13.9. The molecule has 0 aliphatic carbocycles. The van der Waals surface area contributed by atoms with E-state index in [1.54, 1.807) is 166 Å². The summed E-state index contributed by atoms with van der Waals surface area (Å²) in [5, 5.41) is -1.50. The van der Waals surface area contributed by atoms with Gasteiger partial charge in [0.1, 0.15) is 16.6 Å². The van der Waals surface area contributed by atoms with Gasteiger partial charge in [-0.1, -0.05) is 121 Å². The van der Waals surface area contributed by atoms with Crippen molar-refractivity contribution in [3.63, 3.8) is 0 Å². The van der Waals surface area contributed by atoms with Crippen LogP contribution in [0.1, 0.15) is 90.7 Å². The second-order valence-electron chi connectivity index (χ2n) is 24.8. The Kier molecular flexibility index (Phi) is 20.1. The number of aromatic nitrogens is 9. The number of carbonyl (C=O) groups excluding carboxylic acids is 3. The number of hydrogen-bond donors (Lipinski definition) is 3. The third-order valence-corrected chi connectivity index (χ3v) is 23.9. The Morgan fingerprint density at radius 3 is 1.18 bits per heavy atom. The fourth-order valence-electron chi connectivity index (χ4n) is 11.5. The number of hydrogen-bond acceptors (Lipinski definition) is 15. The van der Waals surface area contributed by atoms with Crippen LogP contribution in [0.4, 0.5) is 17.1 Å². The zero-order valence-electron chi connectivity index (χ0n) is 56.3. The Balaban J connectivity index is 0.000000144. The molecule has 0 unspecified atom stereocenters. The summed E-state index contributed by atoms with van der Waals surface area (Å²) in [5.41, 5.74) is 12.8. The molecule has 101 heavy (non-hydrogen) atoms. The monoisotopic (exact) mass is 1400 g/mol. The minimum atomic E-state index is -3.37. The second kappa shape index (κ2) is 29.2. The standard InChI is InChI=1S/C29H26N4O3S.C24H22N4O3S.C24H24N4O3S/c1-20(2)37(35,36)24-15-13-22(14-16-24)26-18-31-28-27(32-26)25(17-30-28)29(34)33(23-11-7-4-8-12-23)19-21-9-5-3-6-10-21;1-15(2)32(30,31)18-9-7-16(8-10-18)20-14-26-23-22(27-20)19(13-25-23)24(29)28-12-11-17-5-3-4-6-21(17)28;1-4-28(18-8-6-5-7-9-18)24(29)20-14-25-23-22(20)27-21(15-26-23)17-10-12-19(13-11-17)32(30,31)16(2)3/h3-18,20H,19H2,1-2H3,(H,30,31);3-10,13-15H,11-12H2,1-2H3,(H,25,26);5-16H,4H2,1-3H3,(H,25,26). The van der Waals surface area contributed by atoms with Crippen LogP contribution in [0.15, 0.2) is 240 Å². The molecule has 1 aliphatic rings. The Hall–Kier alpha value is -11.3. The van der Waals surface area contributed by atoms with Gasteiger partial charge in [-0.15, -0.1) is 0 Å². The molecule has 0 fully saturated rings. The number of sulfone groups is 3. The van der Waals surface area contributed by atoms with Crippen LogP contribution < -0.4 is 14.7 Å². The number of H-pyrrole nitrogens is 3. The van der Waals surface area contributed by atoms with Gasteiger partial charge < -0.3 is 29.7 Å². The molecule has 0 atom stereocenters. The number of aromatic amines is 3. The minimum Gasteiger partial charge on any atom is -0.344 e. The van der Waals surface area contributed by atoms with Crippen LogP contribution in [0.25, 0.3) is 67.3 Å². The molecule has 512 valence electrons. The van der Waals surface area contributed by atoms with Crippen LogP contribution in [-0.2, 0) is 42.5 Å². The zero-order chi connectivity index (χ0) is 71.3. The molecule has 0 bridgehead atoms. The van der Waals surface area contributed by atoms with Crippen LogP contribution in [0.5, 0.6) is 0 Å². The molecule has 0 spiro atoms. The molecule has 3 N–H and O–H groups in total. The summed E-state index contributed by atoms with van der Waals surface area (Å²) in [6.45, 7) is 13.4. The van der Waals surface area contributed by atoms with Crippen molar-refractivity contribution in [3.05, 3.63) is 253 Å². The number of fused-ring (bicyclic) bond motifs is 4. The van der Waals surface area contributed by atoms with Crippen LogP contribution in [0, 0.1) is 0 Å². The summed E-state index contributed by atoms with van der Waals surface area (Å²) in [6.07, 6.45) is 10.6. The van der Waals surface area contributed by atoms with Gasteiger partial charge in [-0.2, -0.15) is 0 Å². The van der Waals surface area contributed by atoms with Crippen LogP contribution in [0.3, 0.4) is 0 Å². The Bertz CT molecular complexity index is 5370. The minimum absolute atomic E-state index is 0.119. The third-order valence-electron chi connectivity index (χ3n) is 17.4. The van der Waals surface area contributed by atoms with E-state index in [0.717, 1.165) is 45.7 Å². The summed E-state index contributed by atoms with van der Waals surface area (Å²) in [7, 11) is -10.1. The number of benzene rings is 7. The molecule has 0 saturated heterocycles. The van der Waals surface area contributed by atoms with Crippen LogP contribution >= 0.6 is 0 Å². The number of nitrogens with one attached hydrogen (secondary N) is 3. The molecule has 7 aromatic carbocycles. The predicted octanol–water partition coefficient (Wildman–Crippen LogP) is 14.1. The van der Waals surface area contributed by atoms with Crippen molar-refractivity contribution in [2.24, 2.45) is 0 Å². The predicted molar refractivity (Wildman–Crippen MR) is 394 cm³/mol. The summed E-state index contributed by atoms with van der Waals surface area (Å²) >= 11 is 0. The fourth-order valence-corrected chi connectivity index (χ4v) is 14.7. The SMILES string of the molecule is CC(C)S(=O)(=O)c1ccc(-c2cnc3[nH]cc(C(=O)N(Cc4ccccc4)c4ccccc4)c3n2)cc1.CC(C)S(=O)(=O)c1ccc(-c2cnc3[nH]cc(C(=O)N4CCc5ccccc54)c3n2)cc1.CCN(C(=O)c1c[nH]c2ncc(-c3ccc(S(=O)(=O)C(C)C)cc3)nc12)c1ccccc1. The lowest BCUT2D eigenvalue weighted by molar-refractivity contribution is 0.0980. The fraction of sp³-hybridized carbons (Fsp3) is 0.182. The number of para-hydroxylation sites is 3. The van der Waals surface area contributed by atoms with Crippen molar-refractivity contribution < 1.29 is 39.6 Å². The number of nitrogens with zero attached hydrogens (tertiary/aromatic N) is 9. The lowest BCUT2D eigenvalue weighted by atomic mass is 10.1. The lowest BCUT2D eigenvalue weighted by Crippen LogP contribution is -2.30. The van der Waals surface area contributed by atoms with E-state index < -0.39 is 45.3 Å². The molecular formula is C77H72N12O9S3. The lowest BCUT2D eigenvalue weighted by Gasteiger charge is -2.22. The van der Waals surface area contributed by atoms with Crippen LogP contribution in [0.2, 0.25) is 0 Å². The molecule has 21 nitrogen and oxygen atoms in total. The summed E-state index contributed by atoms with van der Waals surface area (Å²) in [4.78, 5) is 83.0. The van der Waals surface area contributed by atoms with Gasteiger partial charge in [0.25, 0.3) is 17.7 Å². The Labute approximate surface area is 585 Å². The number of amides is 3. The van der Waals surface area contributed by atoms with Gasteiger partial charge in [-0.05, 0) is 133 Å². The normalized spacial score (nSPS) is 12.3. The van der Waals surface area contributed by atoms with Crippen LogP contribution in [-0.4, -0.2) is 117 Å². The molecule has 7 heterocycles. The van der Waals surface area contributed by atoms with E-state index in [0.29, 0.717) is 92.5 Å². The van der Waals surface area contributed by atoms with Gasteiger partial charge in [0.15, 0.2) is 46.5 Å². The molecule has 0 saturated carbocycles. The molecular weight excluding hydrogens is 1330 g/mol. The van der Waals surface area contributed by atoms with Gasteiger partial charge in [-0.25, -0.2) is 55.2 Å². The maximum absolute atomic E-state index is 13.9. The molecule has 13 aromatic rings. The highest BCUT2D eigenvalue weighted by molar-refractivity contribution is 7.92. The van der Waals surface area contributed by atoms with E-state index in [2.05, 4.69) is 34.9 Å². The van der Waals surface area contributed by atoms with Crippen molar-refractivity contribution in [1.82, 2.24) is 44.9 Å². The van der Waals surface area contributed by atoms with Crippen molar-refractivity contribution in [1.29, 1.82) is 0 Å². The summed E-state index contributed by atoms with van der Waals surface area (Å²) in [6, 6.07) is 56.5. The Morgan fingerprint density at radius 2 is 0.782 bits per heavy atom. The van der Waals surface area contributed by atoms with Gasteiger partial charge >= 0.3 is 0 Å². The molecule has 1 aliphatic heterocycles. The molecule has 24 heteroatoms. The number of rotatable bonds is 17. The van der Waals surface area contributed by atoms with E-state index in [1.165, 1.54) is 0 Å². The number of anilines is 3. The average Bonchev–Trinajstić information content (AvgIpc) is 1.70. The topological polar surface area (TPSA) is 288 Å². The molecule has 3 amide bonds. The van der Waals surface area contributed by atoms with Crippen molar-refractivity contribution in [2.45, 2.75) is 91.9 Å². The van der Waals surface area contributed by atoms with Crippen molar-refractivity contribution in [3.8, 4) is 33.8 Å². The highest BCUT2D eigenvalue weighted by Gasteiger charge is 2.30. The van der Waals surface area contributed by atoms with Crippen molar-refractivity contribution >= 4 is 97.8 Å². The first-order valence-electron chi connectivity index (χ1n) is 32.8.